The van der Waals surface area contributed by atoms with Gasteiger partial charge in [-0.25, -0.2) is 4.98 Å². The summed E-state index contributed by atoms with van der Waals surface area (Å²) in [4.78, 5) is 12.2. The van der Waals surface area contributed by atoms with E-state index in [1.54, 1.807) is 23.7 Å². The van der Waals surface area contributed by atoms with Crippen LogP contribution in [0.2, 0.25) is 0 Å². The van der Waals surface area contributed by atoms with Crippen LogP contribution in [0.15, 0.2) is 30.7 Å². The predicted molar refractivity (Wildman–Crippen MR) is 77.8 cm³/mol. The summed E-state index contributed by atoms with van der Waals surface area (Å²) in [5.41, 5.74) is 7.19. The molecule has 0 amide bonds. The van der Waals surface area contributed by atoms with Crippen LogP contribution >= 0.6 is 11.3 Å². The van der Waals surface area contributed by atoms with Crippen LogP contribution in [0, 0.1) is 5.92 Å². The molecule has 4 nitrogen and oxygen atoms in total. The van der Waals surface area contributed by atoms with Crippen molar-refractivity contribution in [2.45, 2.75) is 19.5 Å². The smallest absolute Gasteiger partial charge is 0.123 e. The van der Waals surface area contributed by atoms with Gasteiger partial charge in [0.2, 0.25) is 0 Å². The molecule has 1 aliphatic rings. The van der Waals surface area contributed by atoms with Crippen LogP contribution < -0.4 is 5.73 Å². The fourth-order valence-electron chi connectivity index (χ4n) is 2.45. The van der Waals surface area contributed by atoms with Gasteiger partial charge in [0.15, 0.2) is 0 Å². The summed E-state index contributed by atoms with van der Waals surface area (Å²) in [6.45, 7) is 5.26. The van der Waals surface area contributed by atoms with Gasteiger partial charge < -0.3 is 5.73 Å². The van der Waals surface area contributed by atoms with Crippen LogP contribution in [0.4, 0.5) is 0 Å². The quantitative estimate of drug-likeness (QED) is 0.930. The first-order chi connectivity index (χ1) is 9.22. The first kappa shape index (κ1) is 12.7. The Hall–Kier alpha value is -1.30. The molecule has 1 aliphatic heterocycles. The highest BCUT2D eigenvalue weighted by Crippen LogP contribution is 2.26. The molecule has 19 heavy (non-hydrogen) atoms. The van der Waals surface area contributed by atoms with E-state index in [-0.39, 0.29) is 0 Å². The SMILES string of the molecule is CC1CN(Cc2cnc(-c3ccncc3)s2)CC1N. The molecule has 1 fully saturated rings. The average molecular weight is 274 g/mol. The number of pyridine rings is 1. The van der Waals surface area contributed by atoms with E-state index in [1.807, 2.05) is 18.3 Å². The van der Waals surface area contributed by atoms with E-state index in [2.05, 4.69) is 21.8 Å². The van der Waals surface area contributed by atoms with E-state index in [4.69, 9.17) is 5.73 Å². The standard InChI is InChI=1S/C14H18N4S/c1-10-7-18(9-13(10)15)8-12-6-17-14(19-12)11-2-4-16-5-3-11/h2-6,10,13H,7-9,15H2,1H3. The number of hydrogen-bond acceptors (Lipinski definition) is 5. The Morgan fingerprint density at radius 3 is 2.84 bits per heavy atom. The molecule has 2 unspecified atom stereocenters. The minimum atomic E-state index is 0.313. The van der Waals surface area contributed by atoms with Gasteiger partial charge in [-0.2, -0.15) is 0 Å². The second kappa shape index (κ2) is 5.36. The summed E-state index contributed by atoms with van der Waals surface area (Å²) >= 11 is 1.75. The molecule has 0 radical (unpaired) electrons. The van der Waals surface area contributed by atoms with Gasteiger partial charge in [-0.15, -0.1) is 11.3 Å². The lowest BCUT2D eigenvalue weighted by Crippen LogP contribution is -2.28. The second-order valence-corrected chi connectivity index (χ2v) is 6.32. The van der Waals surface area contributed by atoms with Crippen LogP contribution in [0.5, 0.6) is 0 Å². The molecule has 2 aromatic heterocycles. The van der Waals surface area contributed by atoms with Gasteiger partial charge in [-0.05, 0) is 18.1 Å². The maximum Gasteiger partial charge on any atom is 0.123 e. The first-order valence-electron chi connectivity index (χ1n) is 6.55. The third kappa shape index (κ3) is 2.83. The Morgan fingerprint density at radius 2 is 2.16 bits per heavy atom. The molecular weight excluding hydrogens is 256 g/mol. The van der Waals surface area contributed by atoms with Crippen molar-refractivity contribution in [1.29, 1.82) is 0 Å². The molecule has 0 spiro atoms. The lowest BCUT2D eigenvalue weighted by Gasteiger charge is -2.12. The Kier molecular flexibility index (Phi) is 3.59. The summed E-state index contributed by atoms with van der Waals surface area (Å²) < 4.78 is 0. The minimum Gasteiger partial charge on any atom is -0.326 e. The number of nitrogens with zero attached hydrogens (tertiary/aromatic N) is 3. The molecule has 2 aromatic rings. The molecule has 0 bridgehead atoms. The Morgan fingerprint density at radius 1 is 1.37 bits per heavy atom. The van der Waals surface area contributed by atoms with Crippen LogP contribution in [-0.4, -0.2) is 34.0 Å². The Bertz CT molecular complexity index is 529. The molecular formula is C14H18N4S. The third-order valence-electron chi connectivity index (χ3n) is 3.61. The first-order valence-corrected chi connectivity index (χ1v) is 7.37. The molecule has 0 aliphatic carbocycles. The van der Waals surface area contributed by atoms with Gasteiger partial charge in [0, 0.05) is 54.7 Å². The maximum atomic E-state index is 6.06. The number of rotatable bonds is 3. The zero-order valence-corrected chi connectivity index (χ0v) is 11.8. The summed E-state index contributed by atoms with van der Waals surface area (Å²) in [6, 6.07) is 4.31. The molecule has 5 heteroatoms. The Labute approximate surface area is 117 Å². The van der Waals surface area contributed by atoms with Gasteiger partial charge in [0.05, 0.1) is 0 Å². The van der Waals surface area contributed by atoms with E-state index in [0.29, 0.717) is 12.0 Å². The van der Waals surface area contributed by atoms with Gasteiger partial charge in [0.1, 0.15) is 5.01 Å². The second-order valence-electron chi connectivity index (χ2n) is 5.20. The lowest BCUT2D eigenvalue weighted by molar-refractivity contribution is 0.321. The summed E-state index contributed by atoms with van der Waals surface area (Å²) in [5, 5.41) is 1.06. The normalized spacial score (nSPS) is 23.9. The van der Waals surface area contributed by atoms with Crippen molar-refractivity contribution in [3.8, 4) is 10.6 Å². The van der Waals surface area contributed by atoms with Crippen LogP contribution in [-0.2, 0) is 6.54 Å². The highest BCUT2D eigenvalue weighted by Gasteiger charge is 2.26. The lowest BCUT2D eigenvalue weighted by atomic mass is 10.1. The van der Waals surface area contributed by atoms with E-state index < -0.39 is 0 Å². The largest absolute Gasteiger partial charge is 0.326 e. The van der Waals surface area contributed by atoms with Crippen molar-refractivity contribution in [3.05, 3.63) is 35.6 Å². The summed E-state index contributed by atoms with van der Waals surface area (Å²) in [6.07, 6.45) is 5.59. The molecule has 3 rings (SSSR count). The Balaban J connectivity index is 1.69. The number of likely N-dealkylation sites (tertiary alicyclic amines) is 1. The van der Waals surface area contributed by atoms with Gasteiger partial charge in [-0.1, -0.05) is 6.92 Å². The number of thiazole rings is 1. The van der Waals surface area contributed by atoms with Crippen molar-refractivity contribution in [2.24, 2.45) is 11.7 Å². The van der Waals surface area contributed by atoms with Crippen molar-refractivity contribution in [2.75, 3.05) is 13.1 Å². The zero-order valence-electron chi connectivity index (χ0n) is 11.0. The van der Waals surface area contributed by atoms with Crippen LogP contribution in [0.1, 0.15) is 11.8 Å². The van der Waals surface area contributed by atoms with Crippen molar-refractivity contribution < 1.29 is 0 Å². The molecule has 0 aromatic carbocycles. The zero-order chi connectivity index (χ0) is 13.2. The van der Waals surface area contributed by atoms with E-state index in [0.717, 1.165) is 30.2 Å². The van der Waals surface area contributed by atoms with Gasteiger partial charge in [0.25, 0.3) is 0 Å². The van der Waals surface area contributed by atoms with Gasteiger partial charge >= 0.3 is 0 Å². The van der Waals surface area contributed by atoms with Crippen molar-refractivity contribution >= 4 is 11.3 Å². The third-order valence-corrected chi connectivity index (χ3v) is 4.64. The highest BCUT2D eigenvalue weighted by molar-refractivity contribution is 7.15. The van der Waals surface area contributed by atoms with E-state index in [1.165, 1.54) is 4.88 Å². The molecule has 3 heterocycles. The fraction of sp³-hybridized carbons (Fsp3) is 0.429. The van der Waals surface area contributed by atoms with Crippen molar-refractivity contribution in [1.82, 2.24) is 14.9 Å². The number of hydrogen-bond donors (Lipinski definition) is 1. The number of aromatic nitrogens is 2. The summed E-state index contributed by atoms with van der Waals surface area (Å²) in [5.74, 6) is 0.590. The topological polar surface area (TPSA) is 55.0 Å². The highest BCUT2D eigenvalue weighted by atomic mass is 32.1. The molecule has 2 atom stereocenters. The van der Waals surface area contributed by atoms with E-state index in [9.17, 15) is 0 Å². The van der Waals surface area contributed by atoms with Crippen molar-refractivity contribution in [3.63, 3.8) is 0 Å². The minimum absolute atomic E-state index is 0.313. The summed E-state index contributed by atoms with van der Waals surface area (Å²) in [7, 11) is 0. The molecule has 0 saturated carbocycles. The monoisotopic (exact) mass is 274 g/mol. The molecule has 1 saturated heterocycles. The molecule has 100 valence electrons. The van der Waals surface area contributed by atoms with E-state index >= 15 is 0 Å². The number of nitrogens with two attached hydrogens (primary N) is 1. The average Bonchev–Trinajstić information content (AvgIpc) is 2.99. The predicted octanol–water partition coefficient (Wildman–Crippen LogP) is 1.98. The van der Waals surface area contributed by atoms with Crippen LogP contribution in [0.25, 0.3) is 10.6 Å². The molecule has 2 N–H and O–H groups in total. The van der Waals surface area contributed by atoms with Crippen LogP contribution in [0.3, 0.4) is 0 Å². The fourth-order valence-corrected chi connectivity index (χ4v) is 3.41. The maximum absolute atomic E-state index is 6.06. The van der Waals surface area contributed by atoms with Gasteiger partial charge in [-0.3, -0.25) is 9.88 Å².